The first-order valence-corrected chi connectivity index (χ1v) is 13.7. The van der Waals surface area contributed by atoms with Crippen LogP contribution in [0.3, 0.4) is 0 Å². The lowest BCUT2D eigenvalue weighted by Crippen LogP contribution is -2.46. The van der Waals surface area contributed by atoms with Gasteiger partial charge >= 0.3 is 0 Å². The van der Waals surface area contributed by atoms with Crippen LogP contribution >= 0.6 is 0 Å². The molecule has 0 aromatic heterocycles. The maximum atomic E-state index is 14.5. The van der Waals surface area contributed by atoms with Crippen molar-refractivity contribution in [3.05, 3.63) is 83.5 Å². The molecule has 0 heterocycles. The maximum Gasteiger partial charge on any atom is 0.243 e. The Labute approximate surface area is 222 Å². The Bertz CT molecular complexity index is 1370. The molecule has 1 aliphatic carbocycles. The lowest BCUT2D eigenvalue weighted by molar-refractivity contribution is 0.0803. The van der Waals surface area contributed by atoms with E-state index in [0.717, 1.165) is 24.3 Å². The summed E-state index contributed by atoms with van der Waals surface area (Å²) in [6.07, 6.45) is 2.82. The van der Waals surface area contributed by atoms with Crippen LogP contribution in [0.15, 0.2) is 69.8 Å². The molecule has 0 aliphatic heterocycles. The van der Waals surface area contributed by atoms with Gasteiger partial charge in [-0.25, -0.2) is 26.0 Å². The molecule has 10 heteroatoms. The predicted octanol–water partition coefficient (Wildman–Crippen LogP) is 7.38. The Morgan fingerprint density at radius 2 is 1.71 bits per heavy atom. The zero-order chi connectivity index (χ0) is 28.5. The predicted molar refractivity (Wildman–Crippen MR) is 140 cm³/mol. The van der Waals surface area contributed by atoms with Gasteiger partial charge in [0.1, 0.15) is 11.6 Å². The first kappa shape index (κ1) is 29.7. The van der Waals surface area contributed by atoms with Gasteiger partial charge in [0.05, 0.1) is 16.2 Å². The molecule has 0 N–H and O–H groups in total. The van der Waals surface area contributed by atoms with Gasteiger partial charge in [0.15, 0.2) is 11.6 Å². The van der Waals surface area contributed by atoms with Crippen molar-refractivity contribution in [2.75, 3.05) is 20.1 Å². The van der Waals surface area contributed by atoms with Crippen molar-refractivity contribution in [2.45, 2.75) is 45.4 Å². The number of hydrogen-bond acceptors (Lipinski definition) is 4. The van der Waals surface area contributed by atoms with Crippen LogP contribution < -0.4 is 0 Å². The van der Waals surface area contributed by atoms with Gasteiger partial charge in [-0.05, 0) is 71.6 Å². The fourth-order valence-electron chi connectivity index (χ4n) is 5.32. The Hall–Kier alpha value is -2.85. The maximum absolute atomic E-state index is 14.5. The normalized spacial score (nSPS) is 21.9. The molecule has 38 heavy (non-hydrogen) atoms. The molecule has 2 unspecified atom stereocenters. The molecular weight excluding hydrogens is 518 g/mol. The molecule has 2 aromatic carbocycles. The molecular formula is C28H33F4N3O2S. The molecule has 0 saturated heterocycles. The standard InChI is InChI=1S/C28H33F4N3O2S/c1-7-35(38(36,37)19-11-12-21(29)24(32)16-19)17-28(5)14-13-20(27(28,3)4)18(2)15-25(34-33-6)26-22(30)9-8-10-23(26)31/h8-12,15-16,20H,2,7,13-14,17H2,1,3-6H3/b25-15-,34-33?. The molecule has 2 atom stereocenters. The molecule has 2 aromatic rings. The summed E-state index contributed by atoms with van der Waals surface area (Å²) in [4.78, 5) is -0.317. The number of benzene rings is 2. The second kappa shape index (κ2) is 11.1. The largest absolute Gasteiger partial charge is 0.243 e. The van der Waals surface area contributed by atoms with Gasteiger partial charge in [-0.2, -0.15) is 14.5 Å². The van der Waals surface area contributed by atoms with Crippen molar-refractivity contribution in [2.24, 2.45) is 27.0 Å². The first-order valence-electron chi connectivity index (χ1n) is 12.3. The monoisotopic (exact) mass is 551 g/mol. The van der Waals surface area contributed by atoms with E-state index in [1.54, 1.807) is 6.92 Å². The van der Waals surface area contributed by atoms with Crippen LogP contribution in [0.4, 0.5) is 17.6 Å². The summed E-state index contributed by atoms with van der Waals surface area (Å²) < 4.78 is 84.2. The van der Waals surface area contributed by atoms with E-state index in [2.05, 4.69) is 16.8 Å². The van der Waals surface area contributed by atoms with Crippen LogP contribution in [0.5, 0.6) is 0 Å². The molecule has 206 valence electrons. The Balaban J connectivity index is 1.93. The minimum Gasteiger partial charge on any atom is -0.207 e. The zero-order valence-electron chi connectivity index (χ0n) is 22.2. The van der Waals surface area contributed by atoms with Crippen LogP contribution in [0.25, 0.3) is 5.70 Å². The number of rotatable bonds is 9. The first-order chi connectivity index (χ1) is 17.7. The number of halogens is 4. The molecule has 3 rings (SSSR count). The van der Waals surface area contributed by atoms with Crippen LogP contribution in [-0.2, 0) is 10.0 Å². The summed E-state index contributed by atoms with van der Waals surface area (Å²) >= 11 is 0. The van der Waals surface area contributed by atoms with E-state index < -0.39 is 44.1 Å². The van der Waals surface area contributed by atoms with Crippen molar-refractivity contribution >= 4 is 15.7 Å². The molecule has 0 spiro atoms. The van der Waals surface area contributed by atoms with E-state index in [1.165, 1.54) is 23.5 Å². The topological polar surface area (TPSA) is 62.1 Å². The van der Waals surface area contributed by atoms with Crippen LogP contribution in [0, 0.1) is 40.0 Å². The average molecular weight is 552 g/mol. The lowest BCUT2D eigenvalue weighted by atomic mass is 9.64. The quantitative estimate of drug-likeness (QED) is 0.186. The Morgan fingerprint density at radius 3 is 2.26 bits per heavy atom. The molecule has 5 nitrogen and oxygen atoms in total. The molecule has 1 saturated carbocycles. The van der Waals surface area contributed by atoms with Crippen molar-refractivity contribution in [1.82, 2.24) is 4.31 Å². The molecule has 1 aliphatic rings. The second-order valence-corrected chi connectivity index (χ2v) is 12.3. The van der Waals surface area contributed by atoms with Crippen LogP contribution in [-0.4, -0.2) is 32.9 Å². The molecule has 0 bridgehead atoms. The highest BCUT2D eigenvalue weighted by molar-refractivity contribution is 7.89. The summed E-state index contributed by atoms with van der Waals surface area (Å²) in [6, 6.07) is 6.10. The van der Waals surface area contributed by atoms with Gasteiger partial charge in [-0.1, -0.05) is 40.3 Å². The van der Waals surface area contributed by atoms with E-state index >= 15 is 0 Å². The highest BCUT2D eigenvalue weighted by atomic mass is 32.2. The van der Waals surface area contributed by atoms with Gasteiger partial charge in [-0.3, -0.25) is 0 Å². The fourth-order valence-corrected chi connectivity index (χ4v) is 6.90. The summed E-state index contributed by atoms with van der Waals surface area (Å²) in [5.41, 5.74) is -0.734. The van der Waals surface area contributed by atoms with Crippen molar-refractivity contribution in [1.29, 1.82) is 0 Å². The SMILES string of the molecule is C=C(/C=C(\N=NC)c1c(F)cccc1F)C1CCC(C)(CN(CC)S(=O)(=O)c2ccc(F)c(F)c2)C1(C)C. The third-order valence-corrected chi connectivity index (χ3v) is 9.93. The number of sulfonamides is 1. The van der Waals surface area contributed by atoms with E-state index in [9.17, 15) is 26.0 Å². The van der Waals surface area contributed by atoms with E-state index in [-0.39, 0.29) is 35.2 Å². The van der Waals surface area contributed by atoms with E-state index in [0.29, 0.717) is 24.5 Å². The van der Waals surface area contributed by atoms with Crippen LogP contribution in [0.1, 0.15) is 46.1 Å². The third kappa shape index (κ3) is 5.47. The molecule has 1 fully saturated rings. The number of azo groups is 1. The van der Waals surface area contributed by atoms with Gasteiger partial charge in [0.2, 0.25) is 10.0 Å². The van der Waals surface area contributed by atoms with Gasteiger partial charge in [-0.15, -0.1) is 0 Å². The highest BCUT2D eigenvalue weighted by Crippen LogP contribution is 2.58. The third-order valence-electron chi connectivity index (χ3n) is 8.01. The Morgan fingerprint density at radius 1 is 1.08 bits per heavy atom. The van der Waals surface area contributed by atoms with Crippen LogP contribution in [0.2, 0.25) is 0 Å². The smallest absolute Gasteiger partial charge is 0.207 e. The summed E-state index contributed by atoms with van der Waals surface area (Å²) in [7, 11) is -2.69. The molecule has 0 radical (unpaired) electrons. The van der Waals surface area contributed by atoms with Crippen molar-refractivity contribution < 1.29 is 26.0 Å². The summed E-state index contributed by atoms with van der Waals surface area (Å²) in [5.74, 6) is -4.05. The zero-order valence-corrected chi connectivity index (χ0v) is 23.0. The Kier molecular flexibility index (Phi) is 8.67. The van der Waals surface area contributed by atoms with Gasteiger partial charge < -0.3 is 0 Å². The van der Waals surface area contributed by atoms with E-state index in [4.69, 9.17) is 0 Å². The van der Waals surface area contributed by atoms with Crippen molar-refractivity contribution in [3.8, 4) is 0 Å². The molecule has 0 amide bonds. The number of nitrogens with zero attached hydrogens (tertiary/aromatic N) is 3. The summed E-state index contributed by atoms with van der Waals surface area (Å²) in [5, 5.41) is 7.67. The average Bonchev–Trinajstić information content (AvgIpc) is 3.07. The number of hydrogen-bond donors (Lipinski definition) is 0. The van der Waals surface area contributed by atoms with Crippen molar-refractivity contribution in [3.63, 3.8) is 0 Å². The number of allylic oxidation sites excluding steroid dienone is 2. The lowest BCUT2D eigenvalue weighted by Gasteiger charge is -2.44. The van der Waals surface area contributed by atoms with Gasteiger partial charge in [0.25, 0.3) is 0 Å². The highest BCUT2D eigenvalue weighted by Gasteiger charge is 2.53. The van der Waals surface area contributed by atoms with Gasteiger partial charge in [0, 0.05) is 20.1 Å². The van der Waals surface area contributed by atoms with E-state index in [1.807, 2.05) is 20.8 Å². The second-order valence-electron chi connectivity index (χ2n) is 10.4. The fraction of sp³-hybridized carbons (Fsp3) is 0.429. The minimum atomic E-state index is -4.09. The minimum absolute atomic E-state index is 0.00796. The summed E-state index contributed by atoms with van der Waals surface area (Å²) in [6.45, 7) is 12.1.